The third kappa shape index (κ3) is 2.48. The Bertz CT molecular complexity index is 337. The molecule has 1 rings (SSSR count). The van der Waals surface area contributed by atoms with E-state index in [0.717, 1.165) is 21.3 Å². The number of methoxy groups -OCH3 is 1. The normalized spacial score (nSPS) is 9.93. The highest BCUT2D eigenvalue weighted by molar-refractivity contribution is 9.10. The lowest BCUT2D eigenvalue weighted by Crippen LogP contribution is -2.03. The Morgan fingerprint density at radius 3 is 2.64 bits per heavy atom. The van der Waals surface area contributed by atoms with Gasteiger partial charge in [0.2, 0.25) is 0 Å². The van der Waals surface area contributed by atoms with Crippen molar-refractivity contribution in [3.05, 3.63) is 27.7 Å². The Hall–Kier alpha value is -1.03. The number of benzene rings is 1. The van der Waals surface area contributed by atoms with Crippen LogP contribution in [0.2, 0.25) is 0 Å². The Labute approximate surface area is 90.8 Å². The highest BCUT2D eigenvalue weighted by Crippen LogP contribution is 2.26. The predicted octanol–water partition coefficient (Wildman–Crippen LogP) is 2.39. The fourth-order valence-electron chi connectivity index (χ4n) is 1.24. The van der Waals surface area contributed by atoms with E-state index in [-0.39, 0.29) is 6.42 Å². The highest BCUT2D eigenvalue weighted by Gasteiger charge is 2.09. The fourth-order valence-corrected chi connectivity index (χ4v) is 1.91. The summed E-state index contributed by atoms with van der Waals surface area (Å²) in [6, 6.07) is 3.59. The minimum atomic E-state index is -0.834. The Morgan fingerprint density at radius 1 is 1.57 bits per heavy atom. The van der Waals surface area contributed by atoms with Gasteiger partial charge < -0.3 is 9.84 Å². The van der Waals surface area contributed by atoms with Gasteiger partial charge in [0.25, 0.3) is 0 Å². The van der Waals surface area contributed by atoms with Crippen molar-refractivity contribution >= 4 is 21.9 Å². The Kier molecular flexibility index (Phi) is 3.52. The van der Waals surface area contributed by atoms with Crippen LogP contribution in [0.5, 0.6) is 5.75 Å². The molecule has 0 aromatic heterocycles. The molecule has 0 heterocycles. The number of aryl methyl sites for hydroxylation is 1. The van der Waals surface area contributed by atoms with E-state index in [1.54, 1.807) is 13.2 Å². The number of ether oxygens (including phenoxy) is 1. The van der Waals surface area contributed by atoms with Crippen LogP contribution in [0.1, 0.15) is 11.1 Å². The molecule has 4 heteroatoms. The summed E-state index contributed by atoms with van der Waals surface area (Å²) in [5.74, 6) is -0.109. The standard InChI is InChI=1S/C10H11BrO3/c1-6-3-7(14-2)4-9(11)8(6)5-10(12)13/h3-4H,5H2,1-2H3,(H,12,13). The molecular formula is C10H11BrO3. The summed E-state index contributed by atoms with van der Waals surface area (Å²) in [4.78, 5) is 10.6. The zero-order valence-corrected chi connectivity index (χ0v) is 9.59. The summed E-state index contributed by atoms with van der Waals surface area (Å²) in [6.07, 6.45) is 0.0242. The number of carboxylic acids is 1. The molecule has 0 fully saturated rings. The molecule has 0 atom stereocenters. The van der Waals surface area contributed by atoms with E-state index in [9.17, 15) is 4.79 Å². The first kappa shape index (κ1) is 11.0. The monoisotopic (exact) mass is 258 g/mol. The second-order valence-corrected chi connectivity index (χ2v) is 3.83. The molecule has 0 amide bonds. The summed E-state index contributed by atoms with van der Waals surface area (Å²) < 4.78 is 5.83. The van der Waals surface area contributed by atoms with Crippen molar-refractivity contribution < 1.29 is 14.6 Å². The Morgan fingerprint density at radius 2 is 2.21 bits per heavy atom. The molecule has 76 valence electrons. The maximum atomic E-state index is 10.6. The van der Waals surface area contributed by atoms with Crippen LogP contribution >= 0.6 is 15.9 Å². The van der Waals surface area contributed by atoms with Crippen molar-refractivity contribution in [2.24, 2.45) is 0 Å². The number of carboxylic acid groups (broad SMARTS) is 1. The maximum absolute atomic E-state index is 10.6. The van der Waals surface area contributed by atoms with Crippen molar-refractivity contribution in [1.82, 2.24) is 0 Å². The number of carbonyl (C=O) groups is 1. The summed E-state index contributed by atoms with van der Waals surface area (Å²) in [5.41, 5.74) is 1.71. The van der Waals surface area contributed by atoms with Gasteiger partial charge in [-0.1, -0.05) is 15.9 Å². The second-order valence-electron chi connectivity index (χ2n) is 2.98. The number of aliphatic carboxylic acids is 1. The van der Waals surface area contributed by atoms with Crippen LogP contribution in [-0.2, 0) is 11.2 Å². The highest BCUT2D eigenvalue weighted by atomic mass is 79.9. The van der Waals surface area contributed by atoms with Gasteiger partial charge in [0.05, 0.1) is 13.5 Å². The zero-order chi connectivity index (χ0) is 10.7. The van der Waals surface area contributed by atoms with E-state index < -0.39 is 5.97 Å². The van der Waals surface area contributed by atoms with Crippen molar-refractivity contribution in [2.75, 3.05) is 7.11 Å². The average molecular weight is 259 g/mol. The van der Waals surface area contributed by atoms with Crippen LogP contribution < -0.4 is 4.74 Å². The smallest absolute Gasteiger partial charge is 0.307 e. The van der Waals surface area contributed by atoms with Gasteiger partial charge in [0.15, 0.2) is 0 Å². The van der Waals surface area contributed by atoms with E-state index in [2.05, 4.69) is 15.9 Å². The maximum Gasteiger partial charge on any atom is 0.307 e. The molecule has 0 aliphatic rings. The van der Waals surface area contributed by atoms with Crippen molar-refractivity contribution in [2.45, 2.75) is 13.3 Å². The molecule has 1 aromatic carbocycles. The number of halogens is 1. The molecule has 0 radical (unpaired) electrons. The van der Waals surface area contributed by atoms with Gasteiger partial charge in [0.1, 0.15) is 5.75 Å². The van der Waals surface area contributed by atoms with Gasteiger partial charge in [-0.3, -0.25) is 4.79 Å². The summed E-state index contributed by atoms with van der Waals surface area (Å²) >= 11 is 3.32. The van der Waals surface area contributed by atoms with Crippen LogP contribution in [0.25, 0.3) is 0 Å². The molecule has 0 spiro atoms. The number of hydrogen-bond acceptors (Lipinski definition) is 2. The molecule has 0 aliphatic heterocycles. The van der Waals surface area contributed by atoms with Gasteiger partial charge in [-0.2, -0.15) is 0 Å². The van der Waals surface area contributed by atoms with Gasteiger partial charge in [-0.25, -0.2) is 0 Å². The van der Waals surface area contributed by atoms with Crippen molar-refractivity contribution in [3.63, 3.8) is 0 Å². The topological polar surface area (TPSA) is 46.5 Å². The summed E-state index contributed by atoms with van der Waals surface area (Å²) in [6.45, 7) is 1.87. The minimum Gasteiger partial charge on any atom is -0.497 e. The van der Waals surface area contributed by atoms with Crippen molar-refractivity contribution in [3.8, 4) is 5.75 Å². The average Bonchev–Trinajstić information content (AvgIpc) is 2.10. The molecule has 0 saturated heterocycles. The number of rotatable bonds is 3. The molecule has 0 unspecified atom stereocenters. The van der Waals surface area contributed by atoms with E-state index in [1.165, 1.54) is 0 Å². The second kappa shape index (κ2) is 4.46. The predicted molar refractivity (Wildman–Crippen MR) is 56.8 cm³/mol. The SMILES string of the molecule is COc1cc(C)c(CC(=O)O)c(Br)c1. The third-order valence-corrected chi connectivity index (χ3v) is 2.66. The Balaban J connectivity index is 3.11. The molecule has 1 N–H and O–H groups in total. The fraction of sp³-hybridized carbons (Fsp3) is 0.300. The van der Waals surface area contributed by atoms with Crippen LogP contribution in [0.15, 0.2) is 16.6 Å². The van der Waals surface area contributed by atoms with E-state index >= 15 is 0 Å². The van der Waals surface area contributed by atoms with E-state index in [1.807, 2.05) is 13.0 Å². The van der Waals surface area contributed by atoms with Crippen molar-refractivity contribution in [1.29, 1.82) is 0 Å². The van der Waals surface area contributed by atoms with E-state index in [0.29, 0.717) is 0 Å². The first-order chi connectivity index (χ1) is 6.54. The molecule has 0 saturated carbocycles. The first-order valence-corrected chi connectivity index (χ1v) is 4.88. The largest absolute Gasteiger partial charge is 0.497 e. The first-order valence-electron chi connectivity index (χ1n) is 4.09. The van der Waals surface area contributed by atoms with Gasteiger partial charge in [-0.15, -0.1) is 0 Å². The summed E-state index contributed by atoms with van der Waals surface area (Å²) in [5, 5.41) is 8.69. The lowest BCUT2D eigenvalue weighted by Gasteiger charge is -2.08. The molecule has 3 nitrogen and oxygen atoms in total. The van der Waals surface area contributed by atoms with Crippen LogP contribution in [-0.4, -0.2) is 18.2 Å². The number of hydrogen-bond donors (Lipinski definition) is 1. The molecule has 0 bridgehead atoms. The zero-order valence-electron chi connectivity index (χ0n) is 8.00. The lowest BCUT2D eigenvalue weighted by atomic mass is 10.1. The van der Waals surface area contributed by atoms with E-state index in [4.69, 9.17) is 9.84 Å². The van der Waals surface area contributed by atoms with Gasteiger partial charge in [-0.05, 0) is 30.2 Å². The molecule has 0 aliphatic carbocycles. The quantitative estimate of drug-likeness (QED) is 0.906. The molecular weight excluding hydrogens is 248 g/mol. The van der Waals surface area contributed by atoms with Crippen LogP contribution in [0.4, 0.5) is 0 Å². The summed E-state index contributed by atoms with van der Waals surface area (Å²) in [7, 11) is 1.58. The lowest BCUT2D eigenvalue weighted by molar-refractivity contribution is -0.136. The van der Waals surface area contributed by atoms with Crippen LogP contribution in [0, 0.1) is 6.92 Å². The van der Waals surface area contributed by atoms with Gasteiger partial charge >= 0.3 is 5.97 Å². The molecule has 1 aromatic rings. The van der Waals surface area contributed by atoms with Crippen LogP contribution in [0.3, 0.4) is 0 Å². The van der Waals surface area contributed by atoms with Gasteiger partial charge in [0, 0.05) is 4.47 Å². The molecule has 14 heavy (non-hydrogen) atoms. The minimum absolute atomic E-state index is 0.0242. The third-order valence-electron chi connectivity index (χ3n) is 1.96.